The van der Waals surface area contributed by atoms with E-state index in [0.717, 1.165) is 6.54 Å². The van der Waals surface area contributed by atoms with Crippen LogP contribution in [0.3, 0.4) is 0 Å². The van der Waals surface area contributed by atoms with Gasteiger partial charge in [-0.05, 0) is 25.8 Å². The third-order valence-electron chi connectivity index (χ3n) is 2.15. The van der Waals surface area contributed by atoms with E-state index in [1.807, 2.05) is 0 Å². The minimum absolute atomic E-state index is 0.433. The summed E-state index contributed by atoms with van der Waals surface area (Å²) in [5.74, 6) is 0. The number of hydrogen-bond donors (Lipinski definition) is 1. The monoisotopic (exact) mass is 141 g/mol. The fourth-order valence-electron chi connectivity index (χ4n) is 1.48. The summed E-state index contributed by atoms with van der Waals surface area (Å²) in [7, 11) is 0. The summed E-state index contributed by atoms with van der Waals surface area (Å²) in [5, 5.41) is 9.34. The van der Waals surface area contributed by atoms with Crippen LogP contribution < -0.4 is 0 Å². The van der Waals surface area contributed by atoms with Crippen molar-refractivity contribution in [3.8, 4) is 0 Å². The van der Waals surface area contributed by atoms with E-state index in [2.05, 4.69) is 18.4 Å². The first-order valence-electron chi connectivity index (χ1n) is 3.82. The lowest BCUT2D eigenvalue weighted by Gasteiger charge is -2.24. The molecule has 10 heavy (non-hydrogen) atoms. The van der Waals surface area contributed by atoms with E-state index in [1.165, 1.54) is 12.8 Å². The molecule has 1 heterocycles. The SMILES string of the molecule is C=CC(O)N1CCCC1C. The lowest BCUT2D eigenvalue weighted by molar-refractivity contribution is 0.0374. The van der Waals surface area contributed by atoms with Gasteiger partial charge in [0.15, 0.2) is 0 Å². The van der Waals surface area contributed by atoms with Crippen LogP contribution in [0.1, 0.15) is 19.8 Å². The molecule has 0 amide bonds. The van der Waals surface area contributed by atoms with Gasteiger partial charge in [-0.1, -0.05) is 6.58 Å². The minimum Gasteiger partial charge on any atom is -0.375 e. The van der Waals surface area contributed by atoms with Crippen molar-refractivity contribution >= 4 is 0 Å². The highest BCUT2D eigenvalue weighted by Crippen LogP contribution is 2.18. The lowest BCUT2D eigenvalue weighted by Crippen LogP contribution is -2.35. The molecule has 0 spiro atoms. The quantitative estimate of drug-likeness (QED) is 0.579. The molecule has 1 rings (SSSR count). The van der Waals surface area contributed by atoms with Crippen LogP contribution in [0.2, 0.25) is 0 Å². The molecule has 2 atom stereocenters. The molecule has 1 fully saturated rings. The summed E-state index contributed by atoms with van der Waals surface area (Å²) in [6, 6.07) is 0.521. The van der Waals surface area contributed by atoms with E-state index >= 15 is 0 Å². The normalized spacial score (nSPS) is 30.4. The molecule has 2 unspecified atom stereocenters. The third kappa shape index (κ3) is 1.39. The fraction of sp³-hybridized carbons (Fsp3) is 0.750. The number of hydrogen-bond acceptors (Lipinski definition) is 2. The summed E-state index contributed by atoms with van der Waals surface area (Å²) in [4.78, 5) is 2.06. The van der Waals surface area contributed by atoms with Crippen molar-refractivity contribution in [2.45, 2.75) is 32.0 Å². The van der Waals surface area contributed by atoms with Gasteiger partial charge in [0.1, 0.15) is 6.23 Å². The first kappa shape index (κ1) is 7.76. The van der Waals surface area contributed by atoms with E-state index in [1.54, 1.807) is 6.08 Å². The number of aliphatic hydroxyl groups is 1. The van der Waals surface area contributed by atoms with Crippen LogP contribution in [-0.4, -0.2) is 28.8 Å². The van der Waals surface area contributed by atoms with Gasteiger partial charge in [-0.15, -0.1) is 0 Å². The Bertz CT molecular complexity index is 124. The Hall–Kier alpha value is -0.340. The van der Waals surface area contributed by atoms with Gasteiger partial charge in [-0.25, -0.2) is 0 Å². The second kappa shape index (κ2) is 3.17. The smallest absolute Gasteiger partial charge is 0.126 e. The number of rotatable bonds is 2. The highest BCUT2D eigenvalue weighted by atomic mass is 16.3. The molecule has 1 N–H and O–H groups in total. The molecule has 0 bridgehead atoms. The zero-order chi connectivity index (χ0) is 7.56. The van der Waals surface area contributed by atoms with Crippen LogP contribution in [0.25, 0.3) is 0 Å². The summed E-state index contributed by atoms with van der Waals surface area (Å²) >= 11 is 0. The van der Waals surface area contributed by atoms with Crippen molar-refractivity contribution < 1.29 is 5.11 Å². The van der Waals surface area contributed by atoms with Gasteiger partial charge in [0.05, 0.1) is 0 Å². The Labute approximate surface area is 62.2 Å². The van der Waals surface area contributed by atoms with Crippen LogP contribution in [0, 0.1) is 0 Å². The highest BCUT2D eigenvalue weighted by Gasteiger charge is 2.23. The summed E-state index contributed by atoms with van der Waals surface area (Å²) in [5.41, 5.74) is 0. The number of nitrogens with zero attached hydrogens (tertiary/aromatic N) is 1. The molecule has 2 heteroatoms. The zero-order valence-corrected chi connectivity index (χ0v) is 6.45. The molecule has 0 aromatic heterocycles. The van der Waals surface area contributed by atoms with Crippen LogP contribution in [0.4, 0.5) is 0 Å². The van der Waals surface area contributed by atoms with Crippen LogP contribution in [-0.2, 0) is 0 Å². The maximum Gasteiger partial charge on any atom is 0.126 e. The van der Waals surface area contributed by atoms with Crippen molar-refractivity contribution in [3.63, 3.8) is 0 Å². The van der Waals surface area contributed by atoms with E-state index < -0.39 is 6.23 Å². The minimum atomic E-state index is -0.433. The van der Waals surface area contributed by atoms with Crippen molar-refractivity contribution in [1.82, 2.24) is 4.90 Å². The molecule has 1 saturated heterocycles. The Balaban J connectivity index is 2.46. The second-order valence-electron chi connectivity index (χ2n) is 2.88. The van der Waals surface area contributed by atoms with E-state index in [0.29, 0.717) is 6.04 Å². The van der Waals surface area contributed by atoms with Crippen LogP contribution in [0.5, 0.6) is 0 Å². The standard InChI is InChI=1S/C8H15NO/c1-3-8(10)9-6-4-5-7(9)2/h3,7-8,10H,1,4-6H2,2H3. The van der Waals surface area contributed by atoms with Crippen LogP contribution >= 0.6 is 0 Å². The molecular weight excluding hydrogens is 126 g/mol. The molecular formula is C8H15NO. The first-order chi connectivity index (χ1) is 4.75. The molecule has 0 saturated carbocycles. The van der Waals surface area contributed by atoms with Gasteiger partial charge < -0.3 is 5.11 Å². The van der Waals surface area contributed by atoms with E-state index in [9.17, 15) is 5.11 Å². The van der Waals surface area contributed by atoms with Gasteiger partial charge >= 0.3 is 0 Å². The molecule has 0 radical (unpaired) electrons. The van der Waals surface area contributed by atoms with Gasteiger partial charge in [0.2, 0.25) is 0 Å². The largest absolute Gasteiger partial charge is 0.375 e. The van der Waals surface area contributed by atoms with Gasteiger partial charge in [0, 0.05) is 12.6 Å². The fourth-order valence-corrected chi connectivity index (χ4v) is 1.48. The Morgan fingerprint density at radius 1 is 1.80 bits per heavy atom. The maximum atomic E-state index is 9.34. The molecule has 0 aliphatic carbocycles. The Kier molecular flexibility index (Phi) is 2.46. The molecule has 58 valence electrons. The highest BCUT2D eigenvalue weighted by molar-refractivity contribution is 4.85. The second-order valence-corrected chi connectivity index (χ2v) is 2.88. The molecule has 0 aromatic carbocycles. The predicted octanol–water partition coefficient (Wildman–Crippen LogP) is 0.975. The summed E-state index contributed by atoms with van der Waals surface area (Å²) in [6.07, 6.45) is 3.55. The number of aliphatic hydroxyl groups excluding tert-OH is 1. The van der Waals surface area contributed by atoms with Gasteiger partial charge in [0.25, 0.3) is 0 Å². The number of likely N-dealkylation sites (tertiary alicyclic amines) is 1. The molecule has 0 aromatic rings. The Morgan fingerprint density at radius 2 is 2.50 bits per heavy atom. The maximum absolute atomic E-state index is 9.34. The summed E-state index contributed by atoms with van der Waals surface area (Å²) in [6.45, 7) is 6.69. The molecule has 1 aliphatic heterocycles. The van der Waals surface area contributed by atoms with Crippen molar-refractivity contribution in [1.29, 1.82) is 0 Å². The van der Waals surface area contributed by atoms with E-state index in [4.69, 9.17) is 0 Å². The first-order valence-corrected chi connectivity index (χ1v) is 3.82. The van der Waals surface area contributed by atoms with Gasteiger partial charge in [-0.2, -0.15) is 0 Å². The van der Waals surface area contributed by atoms with E-state index in [-0.39, 0.29) is 0 Å². The van der Waals surface area contributed by atoms with Crippen molar-refractivity contribution in [2.24, 2.45) is 0 Å². The topological polar surface area (TPSA) is 23.5 Å². The molecule has 2 nitrogen and oxygen atoms in total. The molecule has 1 aliphatic rings. The summed E-state index contributed by atoms with van der Waals surface area (Å²) < 4.78 is 0. The lowest BCUT2D eigenvalue weighted by atomic mass is 10.2. The van der Waals surface area contributed by atoms with Crippen LogP contribution in [0.15, 0.2) is 12.7 Å². The zero-order valence-electron chi connectivity index (χ0n) is 6.45. The van der Waals surface area contributed by atoms with Gasteiger partial charge in [-0.3, -0.25) is 4.90 Å². The predicted molar refractivity (Wildman–Crippen MR) is 41.6 cm³/mol. The van der Waals surface area contributed by atoms with Crippen molar-refractivity contribution in [3.05, 3.63) is 12.7 Å². The Morgan fingerprint density at radius 3 is 2.90 bits per heavy atom. The average Bonchev–Trinajstić information content (AvgIpc) is 2.34. The average molecular weight is 141 g/mol. The van der Waals surface area contributed by atoms with Crippen molar-refractivity contribution in [2.75, 3.05) is 6.54 Å². The third-order valence-corrected chi connectivity index (χ3v) is 2.15.